The normalized spacial score (nSPS) is 21.1. The Morgan fingerprint density at radius 3 is 2.94 bits per heavy atom. The molecular formula is C15H21N3. The molecule has 2 atom stereocenters. The smallest absolute Gasteiger partial charge is 0.0994 e. The highest BCUT2D eigenvalue weighted by Gasteiger charge is 2.19. The number of benzene rings is 1. The van der Waals surface area contributed by atoms with E-state index in [-0.39, 0.29) is 0 Å². The van der Waals surface area contributed by atoms with E-state index in [1.807, 2.05) is 19.1 Å². The van der Waals surface area contributed by atoms with Gasteiger partial charge in [0.1, 0.15) is 0 Å². The molecule has 0 radical (unpaired) electrons. The average molecular weight is 243 g/mol. The monoisotopic (exact) mass is 243 g/mol. The van der Waals surface area contributed by atoms with Crippen molar-refractivity contribution in [2.75, 3.05) is 18.4 Å². The highest BCUT2D eigenvalue weighted by molar-refractivity contribution is 5.52. The molecule has 0 amide bonds. The van der Waals surface area contributed by atoms with Crippen LogP contribution in [0.4, 0.5) is 5.69 Å². The average Bonchev–Trinajstić information content (AvgIpc) is 2.40. The Kier molecular flexibility index (Phi) is 4.22. The minimum absolute atomic E-state index is 0.463. The molecule has 96 valence electrons. The molecule has 0 spiro atoms. The predicted octanol–water partition coefficient (Wildman–Crippen LogP) is 2.67. The van der Waals surface area contributed by atoms with E-state index in [0.717, 1.165) is 29.9 Å². The van der Waals surface area contributed by atoms with Crippen LogP contribution in [0.15, 0.2) is 18.2 Å². The fourth-order valence-corrected chi connectivity index (χ4v) is 2.57. The van der Waals surface area contributed by atoms with E-state index in [1.54, 1.807) is 0 Å². The van der Waals surface area contributed by atoms with Crippen LogP contribution >= 0.6 is 0 Å². The van der Waals surface area contributed by atoms with Crippen LogP contribution in [0.2, 0.25) is 0 Å². The fraction of sp³-hybridized carbons (Fsp3) is 0.533. The summed E-state index contributed by atoms with van der Waals surface area (Å²) >= 11 is 0. The van der Waals surface area contributed by atoms with Gasteiger partial charge in [-0.15, -0.1) is 0 Å². The third-order valence-corrected chi connectivity index (χ3v) is 3.78. The summed E-state index contributed by atoms with van der Waals surface area (Å²) in [4.78, 5) is 0. The Morgan fingerprint density at radius 2 is 2.33 bits per heavy atom. The molecule has 1 fully saturated rings. The summed E-state index contributed by atoms with van der Waals surface area (Å²) in [6, 6.07) is 8.62. The Hall–Kier alpha value is -1.53. The maximum Gasteiger partial charge on any atom is 0.0994 e. The minimum atomic E-state index is 0.463. The van der Waals surface area contributed by atoms with Crippen molar-refractivity contribution in [2.24, 2.45) is 5.92 Å². The molecule has 1 aliphatic heterocycles. The molecule has 2 N–H and O–H groups in total. The van der Waals surface area contributed by atoms with Crippen molar-refractivity contribution in [3.05, 3.63) is 29.3 Å². The summed E-state index contributed by atoms with van der Waals surface area (Å²) in [5, 5.41) is 15.9. The second-order valence-electron chi connectivity index (χ2n) is 5.18. The van der Waals surface area contributed by atoms with Gasteiger partial charge >= 0.3 is 0 Å². The molecule has 0 aliphatic carbocycles. The first-order chi connectivity index (χ1) is 8.70. The Morgan fingerprint density at radius 1 is 1.50 bits per heavy atom. The summed E-state index contributed by atoms with van der Waals surface area (Å²) in [6.07, 6.45) is 2.56. The number of nitriles is 1. The largest absolute Gasteiger partial charge is 0.382 e. The lowest BCUT2D eigenvalue weighted by Crippen LogP contribution is -2.38. The van der Waals surface area contributed by atoms with Gasteiger partial charge in [0.15, 0.2) is 0 Å². The number of anilines is 1. The molecule has 3 heteroatoms. The Balaban J connectivity index is 2.00. The van der Waals surface area contributed by atoms with Crippen molar-refractivity contribution in [2.45, 2.75) is 32.7 Å². The number of nitrogens with one attached hydrogen (secondary N) is 2. The van der Waals surface area contributed by atoms with E-state index < -0.39 is 0 Å². The zero-order valence-electron chi connectivity index (χ0n) is 11.2. The molecular weight excluding hydrogens is 222 g/mol. The summed E-state index contributed by atoms with van der Waals surface area (Å²) in [5.74, 6) is 0.690. The van der Waals surface area contributed by atoms with Crippen LogP contribution in [0.1, 0.15) is 30.9 Å². The number of piperidine rings is 1. The van der Waals surface area contributed by atoms with Crippen molar-refractivity contribution in [3.8, 4) is 6.07 Å². The molecule has 1 aliphatic rings. The molecule has 2 unspecified atom stereocenters. The van der Waals surface area contributed by atoms with Gasteiger partial charge in [-0.2, -0.15) is 5.26 Å². The van der Waals surface area contributed by atoms with E-state index in [1.165, 1.54) is 12.8 Å². The van der Waals surface area contributed by atoms with Gasteiger partial charge < -0.3 is 10.6 Å². The number of nitrogens with zero attached hydrogens (tertiary/aromatic N) is 1. The van der Waals surface area contributed by atoms with Crippen LogP contribution < -0.4 is 10.6 Å². The molecule has 0 saturated carbocycles. The molecule has 1 heterocycles. The first-order valence-corrected chi connectivity index (χ1v) is 6.68. The molecule has 0 aromatic heterocycles. The summed E-state index contributed by atoms with van der Waals surface area (Å²) in [7, 11) is 0. The first-order valence-electron chi connectivity index (χ1n) is 6.68. The Bertz CT molecular complexity index is 442. The van der Waals surface area contributed by atoms with Crippen LogP contribution in [-0.4, -0.2) is 19.1 Å². The summed E-state index contributed by atoms with van der Waals surface area (Å²) < 4.78 is 0. The van der Waals surface area contributed by atoms with E-state index in [9.17, 15) is 0 Å². The SMILES string of the molecule is Cc1cc(NC(C)C2CCCNC2)ccc1C#N. The third-order valence-electron chi connectivity index (χ3n) is 3.78. The number of hydrogen-bond donors (Lipinski definition) is 2. The highest BCUT2D eigenvalue weighted by atomic mass is 15.0. The van der Waals surface area contributed by atoms with Gasteiger partial charge in [-0.05, 0) is 69.5 Å². The molecule has 0 bridgehead atoms. The quantitative estimate of drug-likeness (QED) is 0.858. The molecule has 2 rings (SSSR count). The molecule has 1 aromatic carbocycles. The van der Waals surface area contributed by atoms with Gasteiger partial charge in [-0.25, -0.2) is 0 Å². The van der Waals surface area contributed by atoms with Gasteiger partial charge in [-0.1, -0.05) is 0 Å². The zero-order valence-corrected chi connectivity index (χ0v) is 11.2. The lowest BCUT2D eigenvalue weighted by molar-refractivity contribution is 0.347. The van der Waals surface area contributed by atoms with Crippen molar-refractivity contribution in [1.29, 1.82) is 5.26 Å². The molecule has 1 aromatic rings. The van der Waals surface area contributed by atoms with E-state index in [2.05, 4.69) is 29.7 Å². The number of rotatable bonds is 3. The van der Waals surface area contributed by atoms with E-state index >= 15 is 0 Å². The minimum Gasteiger partial charge on any atom is -0.382 e. The highest BCUT2D eigenvalue weighted by Crippen LogP contribution is 2.20. The van der Waals surface area contributed by atoms with Crippen molar-refractivity contribution in [1.82, 2.24) is 5.32 Å². The van der Waals surface area contributed by atoms with Gasteiger partial charge in [-0.3, -0.25) is 0 Å². The fourth-order valence-electron chi connectivity index (χ4n) is 2.57. The maximum absolute atomic E-state index is 8.92. The van der Waals surface area contributed by atoms with E-state index in [0.29, 0.717) is 12.0 Å². The number of hydrogen-bond acceptors (Lipinski definition) is 3. The van der Waals surface area contributed by atoms with Crippen LogP contribution in [0, 0.1) is 24.2 Å². The van der Waals surface area contributed by atoms with Crippen LogP contribution in [-0.2, 0) is 0 Å². The number of aryl methyl sites for hydroxylation is 1. The van der Waals surface area contributed by atoms with E-state index in [4.69, 9.17) is 5.26 Å². The Labute approximate surface area is 109 Å². The van der Waals surface area contributed by atoms with Gasteiger partial charge in [0.05, 0.1) is 11.6 Å². The van der Waals surface area contributed by atoms with Crippen molar-refractivity contribution in [3.63, 3.8) is 0 Å². The van der Waals surface area contributed by atoms with Gasteiger partial charge in [0.25, 0.3) is 0 Å². The summed E-state index contributed by atoms with van der Waals surface area (Å²) in [5.41, 5.74) is 2.91. The topological polar surface area (TPSA) is 47.8 Å². The standard InChI is InChI=1S/C15H21N3/c1-11-8-15(6-5-13(11)9-16)18-12(2)14-4-3-7-17-10-14/h5-6,8,12,14,17-18H,3-4,7,10H2,1-2H3. The van der Waals surface area contributed by atoms with Crippen molar-refractivity contribution < 1.29 is 0 Å². The van der Waals surface area contributed by atoms with Crippen LogP contribution in [0.25, 0.3) is 0 Å². The second kappa shape index (κ2) is 5.88. The zero-order chi connectivity index (χ0) is 13.0. The predicted molar refractivity (Wildman–Crippen MR) is 74.6 cm³/mol. The van der Waals surface area contributed by atoms with Gasteiger partial charge in [0, 0.05) is 11.7 Å². The lowest BCUT2D eigenvalue weighted by atomic mass is 9.92. The third kappa shape index (κ3) is 3.02. The summed E-state index contributed by atoms with van der Waals surface area (Å²) in [6.45, 7) is 6.48. The first kappa shape index (κ1) is 12.9. The molecule has 1 saturated heterocycles. The van der Waals surface area contributed by atoms with Crippen LogP contribution in [0.5, 0.6) is 0 Å². The van der Waals surface area contributed by atoms with Gasteiger partial charge in [0.2, 0.25) is 0 Å². The maximum atomic E-state index is 8.92. The molecule has 3 nitrogen and oxygen atoms in total. The van der Waals surface area contributed by atoms with Crippen molar-refractivity contribution >= 4 is 5.69 Å². The molecule has 18 heavy (non-hydrogen) atoms. The van der Waals surface area contributed by atoms with Crippen LogP contribution in [0.3, 0.4) is 0 Å². The second-order valence-corrected chi connectivity index (χ2v) is 5.18. The lowest BCUT2D eigenvalue weighted by Gasteiger charge is -2.29.